The van der Waals surface area contributed by atoms with Gasteiger partial charge in [0.25, 0.3) is 0 Å². The number of aromatic hydroxyl groups is 1. The number of allylic oxidation sites excluding steroid dienone is 2. The standard InChI is InChI=1S/C25H40O3/c1-3-4-5-6-7-8-9-10-11-12-13-14-15-16-17-19-22-20-18-21-23(26)24(22)25(27)28-2/h10-11,18,20-21,26H,3-9,12-17,19H2,1-2H3/b11-10-. The third-order valence-electron chi connectivity index (χ3n) is 5.23. The number of carbonyl (C=O) groups is 1. The summed E-state index contributed by atoms with van der Waals surface area (Å²) in [6.45, 7) is 2.26. The Kier molecular flexibility index (Phi) is 14.0. The molecule has 0 unspecified atom stereocenters. The SMILES string of the molecule is CCCCCCCC/C=C\CCCCCCCc1cccc(O)c1C(=O)OC. The molecule has 0 fully saturated rings. The van der Waals surface area contributed by atoms with E-state index >= 15 is 0 Å². The van der Waals surface area contributed by atoms with Gasteiger partial charge in [-0.2, -0.15) is 0 Å². The first-order valence-corrected chi connectivity index (χ1v) is 11.2. The van der Waals surface area contributed by atoms with Gasteiger partial charge in [-0.3, -0.25) is 0 Å². The topological polar surface area (TPSA) is 46.5 Å². The van der Waals surface area contributed by atoms with Crippen molar-refractivity contribution < 1.29 is 14.6 Å². The second-order valence-electron chi connectivity index (χ2n) is 7.64. The van der Waals surface area contributed by atoms with Crippen LogP contribution in [0.25, 0.3) is 0 Å². The highest BCUT2D eigenvalue weighted by Crippen LogP contribution is 2.23. The third kappa shape index (κ3) is 10.5. The van der Waals surface area contributed by atoms with E-state index < -0.39 is 5.97 Å². The molecule has 0 amide bonds. The van der Waals surface area contributed by atoms with E-state index in [-0.39, 0.29) is 5.75 Å². The summed E-state index contributed by atoms with van der Waals surface area (Å²) in [6.07, 6.45) is 22.1. The van der Waals surface area contributed by atoms with E-state index in [9.17, 15) is 9.90 Å². The number of benzene rings is 1. The van der Waals surface area contributed by atoms with E-state index in [4.69, 9.17) is 4.74 Å². The molecule has 28 heavy (non-hydrogen) atoms. The molecule has 0 saturated carbocycles. The van der Waals surface area contributed by atoms with Crippen molar-refractivity contribution >= 4 is 5.97 Å². The molecule has 0 bridgehead atoms. The van der Waals surface area contributed by atoms with Crippen LogP contribution in [0.2, 0.25) is 0 Å². The van der Waals surface area contributed by atoms with Crippen LogP contribution in [0.15, 0.2) is 30.4 Å². The van der Waals surface area contributed by atoms with Gasteiger partial charge in [0, 0.05) is 0 Å². The van der Waals surface area contributed by atoms with E-state index in [0.717, 1.165) is 24.8 Å². The van der Waals surface area contributed by atoms with Gasteiger partial charge < -0.3 is 9.84 Å². The maximum atomic E-state index is 11.8. The lowest BCUT2D eigenvalue weighted by atomic mass is 9.99. The fourth-order valence-electron chi connectivity index (χ4n) is 3.52. The quantitative estimate of drug-likeness (QED) is 0.183. The maximum Gasteiger partial charge on any atom is 0.341 e. The van der Waals surface area contributed by atoms with Gasteiger partial charge in [-0.15, -0.1) is 0 Å². The first kappa shape index (κ1) is 24.3. The summed E-state index contributed by atoms with van der Waals surface area (Å²) in [5.74, 6) is -0.446. The van der Waals surface area contributed by atoms with Crippen LogP contribution in [-0.2, 0) is 11.2 Å². The van der Waals surface area contributed by atoms with Crippen LogP contribution in [0.4, 0.5) is 0 Å². The second-order valence-corrected chi connectivity index (χ2v) is 7.64. The monoisotopic (exact) mass is 388 g/mol. The molecule has 3 nitrogen and oxygen atoms in total. The Morgan fingerprint density at radius 2 is 1.46 bits per heavy atom. The number of rotatable bonds is 16. The summed E-state index contributed by atoms with van der Waals surface area (Å²) < 4.78 is 4.78. The number of ether oxygens (including phenoxy) is 1. The zero-order chi connectivity index (χ0) is 20.5. The largest absolute Gasteiger partial charge is 0.507 e. The van der Waals surface area contributed by atoms with Gasteiger partial charge in [0.05, 0.1) is 7.11 Å². The lowest BCUT2D eigenvalue weighted by Gasteiger charge is -2.09. The number of esters is 1. The summed E-state index contributed by atoms with van der Waals surface area (Å²) in [4.78, 5) is 11.8. The third-order valence-corrected chi connectivity index (χ3v) is 5.23. The van der Waals surface area contributed by atoms with Crippen molar-refractivity contribution in [3.8, 4) is 5.75 Å². The minimum Gasteiger partial charge on any atom is -0.507 e. The smallest absolute Gasteiger partial charge is 0.341 e. The molecule has 0 aliphatic heterocycles. The van der Waals surface area contributed by atoms with Crippen LogP contribution in [0.1, 0.15) is 106 Å². The maximum absolute atomic E-state index is 11.8. The number of phenols is 1. The van der Waals surface area contributed by atoms with Gasteiger partial charge in [0.2, 0.25) is 0 Å². The molecule has 3 heteroatoms. The van der Waals surface area contributed by atoms with Gasteiger partial charge in [0.15, 0.2) is 0 Å². The number of hydrogen-bond acceptors (Lipinski definition) is 3. The van der Waals surface area contributed by atoms with Crippen molar-refractivity contribution in [3.05, 3.63) is 41.5 Å². The molecule has 1 N–H and O–H groups in total. The minimum atomic E-state index is -0.458. The number of hydrogen-bond donors (Lipinski definition) is 1. The predicted octanol–water partition coefficient (Wildman–Crippen LogP) is 7.37. The van der Waals surface area contributed by atoms with Gasteiger partial charge in [-0.25, -0.2) is 4.79 Å². The van der Waals surface area contributed by atoms with Crippen molar-refractivity contribution in [3.63, 3.8) is 0 Å². The van der Waals surface area contributed by atoms with Crippen molar-refractivity contribution in [2.24, 2.45) is 0 Å². The molecule has 0 aromatic heterocycles. The summed E-state index contributed by atoms with van der Waals surface area (Å²) >= 11 is 0. The Morgan fingerprint density at radius 1 is 0.893 bits per heavy atom. The van der Waals surface area contributed by atoms with Crippen molar-refractivity contribution in [1.29, 1.82) is 0 Å². The molecular formula is C25H40O3. The van der Waals surface area contributed by atoms with E-state index in [1.54, 1.807) is 6.07 Å². The lowest BCUT2D eigenvalue weighted by Crippen LogP contribution is -2.06. The van der Waals surface area contributed by atoms with E-state index in [0.29, 0.717) is 5.56 Å². The Morgan fingerprint density at radius 3 is 2.07 bits per heavy atom. The second kappa shape index (κ2) is 16.2. The highest BCUT2D eigenvalue weighted by molar-refractivity contribution is 5.94. The molecule has 1 aromatic carbocycles. The highest BCUT2D eigenvalue weighted by atomic mass is 16.5. The Hall–Kier alpha value is -1.77. The number of phenolic OH excluding ortho intramolecular Hbond substituents is 1. The number of carbonyl (C=O) groups excluding carboxylic acids is 1. The first-order chi connectivity index (χ1) is 13.7. The van der Waals surface area contributed by atoms with Crippen LogP contribution in [0.5, 0.6) is 5.75 Å². The van der Waals surface area contributed by atoms with Crippen molar-refractivity contribution in [1.82, 2.24) is 0 Å². The van der Waals surface area contributed by atoms with Crippen LogP contribution in [0, 0.1) is 0 Å². The zero-order valence-electron chi connectivity index (χ0n) is 18.0. The Balaban J connectivity index is 2.05. The molecule has 1 rings (SSSR count). The summed E-state index contributed by atoms with van der Waals surface area (Å²) in [6, 6.07) is 5.23. The first-order valence-electron chi connectivity index (χ1n) is 11.2. The average molecular weight is 389 g/mol. The summed E-state index contributed by atoms with van der Waals surface area (Å²) in [5, 5.41) is 9.91. The summed E-state index contributed by atoms with van der Waals surface area (Å²) in [5.41, 5.74) is 1.20. The van der Waals surface area contributed by atoms with Crippen LogP contribution < -0.4 is 0 Å². The average Bonchev–Trinajstić information content (AvgIpc) is 2.70. The molecule has 0 atom stereocenters. The molecule has 0 aliphatic rings. The van der Waals surface area contributed by atoms with Crippen molar-refractivity contribution in [2.75, 3.05) is 7.11 Å². The van der Waals surface area contributed by atoms with Gasteiger partial charge in [0.1, 0.15) is 11.3 Å². The van der Waals surface area contributed by atoms with Gasteiger partial charge >= 0.3 is 5.97 Å². The molecule has 158 valence electrons. The highest BCUT2D eigenvalue weighted by Gasteiger charge is 2.16. The molecule has 1 aromatic rings. The normalized spacial score (nSPS) is 11.2. The number of methoxy groups -OCH3 is 1. The van der Waals surface area contributed by atoms with E-state index in [1.807, 2.05) is 6.07 Å². The lowest BCUT2D eigenvalue weighted by molar-refractivity contribution is 0.0596. The van der Waals surface area contributed by atoms with Gasteiger partial charge in [-0.1, -0.05) is 82.6 Å². The molecule has 0 radical (unpaired) electrons. The zero-order valence-corrected chi connectivity index (χ0v) is 18.0. The van der Waals surface area contributed by atoms with Crippen LogP contribution in [-0.4, -0.2) is 18.2 Å². The summed E-state index contributed by atoms with van der Waals surface area (Å²) in [7, 11) is 1.35. The fourth-order valence-corrected chi connectivity index (χ4v) is 3.52. The van der Waals surface area contributed by atoms with E-state index in [2.05, 4.69) is 19.1 Å². The van der Waals surface area contributed by atoms with Crippen LogP contribution >= 0.6 is 0 Å². The predicted molar refractivity (Wildman–Crippen MR) is 118 cm³/mol. The molecule has 0 heterocycles. The van der Waals surface area contributed by atoms with Crippen molar-refractivity contribution in [2.45, 2.75) is 96.8 Å². The minimum absolute atomic E-state index is 0.0112. The molecule has 0 saturated heterocycles. The van der Waals surface area contributed by atoms with Crippen LogP contribution in [0.3, 0.4) is 0 Å². The number of unbranched alkanes of at least 4 members (excludes halogenated alkanes) is 11. The number of aryl methyl sites for hydroxylation is 1. The van der Waals surface area contributed by atoms with E-state index in [1.165, 1.54) is 83.8 Å². The fraction of sp³-hybridized carbons (Fsp3) is 0.640. The Labute approximate surface area is 172 Å². The van der Waals surface area contributed by atoms with Gasteiger partial charge in [-0.05, 0) is 50.2 Å². The Bertz CT molecular complexity index is 563. The molecular weight excluding hydrogens is 348 g/mol. The molecule has 0 aliphatic carbocycles. The molecule has 0 spiro atoms.